The summed E-state index contributed by atoms with van der Waals surface area (Å²) in [5.74, 6) is 0.382. The molecule has 0 aliphatic carbocycles. The highest BCUT2D eigenvalue weighted by Crippen LogP contribution is 2.34. The number of hydrogen-bond donors (Lipinski definition) is 0. The number of nitrogens with zero attached hydrogens (tertiary/aromatic N) is 2. The van der Waals surface area contributed by atoms with Crippen molar-refractivity contribution in [2.45, 2.75) is 38.8 Å². The zero-order valence-corrected chi connectivity index (χ0v) is 16.0. The van der Waals surface area contributed by atoms with E-state index >= 15 is 0 Å². The van der Waals surface area contributed by atoms with Gasteiger partial charge in [0.15, 0.2) is 0 Å². The van der Waals surface area contributed by atoms with Crippen molar-refractivity contribution in [3.05, 3.63) is 64.7 Å². The first-order valence-corrected chi connectivity index (χ1v) is 9.87. The van der Waals surface area contributed by atoms with Gasteiger partial charge in [-0.15, -0.1) is 0 Å². The van der Waals surface area contributed by atoms with Crippen LogP contribution in [0.15, 0.2) is 48.5 Å². The quantitative estimate of drug-likeness (QED) is 0.794. The Balaban J connectivity index is 1.46. The molecule has 2 atom stereocenters. The van der Waals surface area contributed by atoms with Crippen LogP contribution in [0.1, 0.15) is 30.9 Å². The number of amides is 1. The van der Waals surface area contributed by atoms with Crippen LogP contribution >= 0.6 is 11.6 Å². The summed E-state index contributed by atoms with van der Waals surface area (Å²) in [7, 11) is 0. The van der Waals surface area contributed by atoms with Crippen LogP contribution in [0.2, 0.25) is 5.02 Å². The highest BCUT2D eigenvalue weighted by molar-refractivity contribution is 6.30. The monoisotopic (exact) mass is 368 g/mol. The van der Waals surface area contributed by atoms with Gasteiger partial charge in [0.1, 0.15) is 0 Å². The van der Waals surface area contributed by atoms with E-state index in [-0.39, 0.29) is 12.0 Å². The molecule has 2 heterocycles. The second-order valence-electron chi connectivity index (χ2n) is 7.59. The van der Waals surface area contributed by atoms with E-state index in [1.54, 1.807) is 0 Å². The van der Waals surface area contributed by atoms with Crippen LogP contribution in [0.5, 0.6) is 0 Å². The van der Waals surface area contributed by atoms with Crippen molar-refractivity contribution in [2.24, 2.45) is 5.92 Å². The summed E-state index contributed by atoms with van der Waals surface area (Å²) in [6.45, 7) is 4.94. The number of rotatable bonds is 3. The first kappa shape index (κ1) is 17.6. The van der Waals surface area contributed by atoms with Gasteiger partial charge in [0.25, 0.3) is 0 Å². The van der Waals surface area contributed by atoms with Crippen molar-refractivity contribution < 1.29 is 4.79 Å². The first-order valence-electron chi connectivity index (χ1n) is 9.49. The molecular formula is C22H25ClN2O. The fraction of sp³-hybridized carbons (Fsp3) is 0.409. The van der Waals surface area contributed by atoms with E-state index in [9.17, 15) is 4.79 Å². The molecule has 136 valence electrons. The first-order chi connectivity index (χ1) is 12.6. The number of carbonyl (C=O) groups excluding carboxylic acids is 1. The lowest BCUT2D eigenvalue weighted by Gasteiger charge is -2.35. The maximum absolute atomic E-state index is 13.3. The van der Waals surface area contributed by atoms with E-state index in [0.29, 0.717) is 5.91 Å². The Morgan fingerprint density at radius 1 is 1.15 bits per heavy atom. The second kappa shape index (κ2) is 7.42. The summed E-state index contributed by atoms with van der Waals surface area (Å²) in [5, 5.41) is 0.766. The van der Waals surface area contributed by atoms with Crippen molar-refractivity contribution in [3.8, 4) is 0 Å². The van der Waals surface area contributed by atoms with E-state index in [1.165, 1.54) is 11.1 Å². The minimum absolute atomic E-state index is 0.0876. The standard InChI is InChI=1S/C22H25ClN2O/c1-16-13-18-5-2-3-7-21(18)25(16)22(26)19-6-4-12-24(15-19)14-17-8-10-20(23)11-9-17/h2-3,5,7-11,16,19H,4,6,12-15H2,1H3/t16-,19-/m0/s1. The van der Waals surface area contributed by atoms with Crippen LogP contribution in [0, 0.1) is 5.92 Å². The Morgan fingerprint density at radius 2 is 1.92 bits per heavy atom. The van der Waals surface area contributed by atoms with Crippen LogP contribution in [0.4, 0.5) is 5.69 Å². The highest BCUT2D eigenvalue weighted by Gasteiger charge is 2.36. The number of hydrogen-bond acceptors (Lipinski definition) is 2. The maximum Gasteiger partial charge on any atom is 0.231 e. The van der Waals surface area contributed by atoms with Gasteiger partial charge in [0.05, 0.1) is 5.92 Å². The molecule has 0 N–H and O–H groups in total. The minimum atomic E-state index is 0.0876. The maximum atomic E-state index is 13.3. The zero-order chi connectivity index (χ0) is 18.1. The molecule has 2 aromatic rings. The highest BCUT2D eigenvalue weighted by atomic mass is 35.5. The van der Waals surface area contributed by atoms with E-state index in [0.717, 1.165) is 49.6 Å². The molecular weight excluding hydrogens is 344 g/mol. The Kier molecular flexibility index (Phi) is 5.01. The minimum Gasteiger partial charge on any atom is -0.309 e. The van der Waals surface area contributed by atoms with Crippen molar-refractivity contribution >= 4 is 23.2 Å². The number of piperidine rings is 1. The van der Waals surface area contributed by atoms with Gasteiger partial charge < -0.3 is 4.90 Å². The van der Waals surface area contributed by atoms with E-state index in [4.69, 9.17) is 11.6 Å². The van der Waals surface area contributed by atoms with Gasteiger partial charge >= 0.3 is 0 Å². The molecule has 1 fully saturated rings. The third-order valence-corrected chi connectivity index (χ3v) is 5.87. The van der Waals surface area contributed by atoms with Crippen LogP contribution in [-0.2, 0) is 17.8 Å². The largest absolute Gasteiger partial charge is 0.309 e. The molecule has 2 aliphatic heterocycles. The molecule has 4 rings (SSSR count). The number of carbonyl (C=O) groups is 1. The Labute approximate surface area is 160 Å². The second-order valence-corrected chi connectivity index (χ2v) is 8.03. The van der Waals surface area contributed by atoms with Gasteiger partial charge in [-0.25, -0.2) is 0 Å². The SMILES string of the molecule is C[C@H]1Cc2ccccc2N1C(=O)[C@H]1CCCN(Cc2ccc(Cl)cc2)C1. The molecule has 2 aliphatic rings. The molecule has 0 bridgehead atoms. The average molecular weight is 369 g/mol. The number of benzene rings is 2. The third kappa shape index (κ3) is 3.51. The molecule has 0 aromatic heterocycles. The number of para-hydroxylation sites is 1. The van der Waals surface area contributed by atoms with Gasteiger partial charge in [-0.1, -0.05) is 41.9 Å². The molecule has 0 radical (unpaired) electrons. The average Bonchev–Trinajstić information content (AvgIpc) is 2.99. The molecule has 1 saturated heterocycles. The molecule has 4 heteroatoms. The number of fused-ring (bicyclic) bond motifs is 1. The lowest BCUT2D eigenvalue weighted by atomic mass is 9.95. The molecule has 3 nitrogen and oxygen atoms in total. The molecule has 0 unspecified atom stereocenters. The van der Waals surface area contributed by atoms with Crippen LogP contribution in [-0.4, -0.2) is 29.9 Å². The third-order valence-electron chi connectivity index (χ3n) is 5.62. The molecule has 26 heavy (non-hydrogen) atoms. The number of halogens is 1. The lowest BCUT2D eigenvalue weighted by molar-refractivity contribution is -0.124. The fourth-order valence-corrected chi connectivity index (χ4v) is 4.47. The van der Waals surface area contributed by atoms with E-state index < -0.39 is 0 Å². The van der Waals surface area contributed by atoms with Crippen molar-refractivity contribution in [2.75, 3.05) is 18.0 Å². The topological polar surface area (TPSA) is 23.6 Å². The smallest absolute Gasteiger partial charge is 0.231 e. The summed E-state index contributed by atoms with van der Waals surface area (Å²) < 4.78 is 0. The van der Waals surface area contributed by atoms with Gasteiger partial charge in [-0.3, -0.25) is 9.69 Å². The Bertz CT molecular complexity index is 789. The zero-order valence-electron chi connectivity index (χ0n) is 15.2. The summed E-state index contributed by atoms with van der Waals surface area (Å²) in [5.41, 5.74) is 3.66. The van der Waals surface area contributed by atoms with Gasteiger partial charge in [-0.2, -0.15) is 0 Å². The van der Waals surface area contributed by atoms with Crippen molar-refractivity contribution in [1.29, 1.82) is 0 Å². The van der Waals surface area contributed by atoms with Gasteiger partial charge in [0, 0.05) is 29.8 Å². The Hall–Kier alpha value is -1.84. The Morgan fingerprint density at radius 3 is 2.73 bits per heavy atom. The summed E-state index contributed by atoms with van der Waals surface area (Å²) in [4.78, 5) is 17.8. The number of anilines is 1. The normalized spacial score (nSPS) is 23.1. The molecule has 0 saturated carbocycles. The van der Waals surface area contributed by atoms with Crippen molar-refractivity contribution in [3.63, 3.8) is 0 Å². The van der Waals surface area contributed by atoms with Gasteiger partial charge in [-0.05, 0) is 62.1 Å². The van der Waals surface area contributed by atoms with Crippen LogP contribution in [0.3, 0.4) is 0 Å². The predicted molar refractivity (Wildman–Crippen MR) is 107 cm³/mol. The predicted octanol–water partition coefficient (Wildman–Crippen LogP) is 4.53. The molecule has 1 amide bonds. The lowest BCUT2D eigenvalue weighted by Crippen LogP contribution is -2.46. The number of likely N-dealkylation sites (tertiary alicyclic amines) is 1. The van der Waals surface area contributed by atoms with Crippen LogP contribution < -0.4 is 4.90 Å². The molecule has 0 spiro atoms. The fourth-order valence-electron chi connectivity index (χ4n) is 4.35. The molecule has 2 aromatic carbocycles. The summed E-state index contributed by atoms with van der Waals surface area (Å²) in [6.07, 6.45) is 3.03. The van der Waals surface area contributed by atoms with Crippen molar-refractivity contribution in [1.82, 2.24) is 4.90 Å². The summed E-state index contributed by atoms with van der Waals surface area (Å²) >= 11 is 5.98. The van der Waals surface area contributed by atoms with E-state index in [2.05, 4.69) is 42.2 Å². The van der Waals surface area contributed by atoms with Crippen LogP contribution in [0.25, 0.3) is 0 Å². The van der Waals surface area contributed by atoms with Gasteiger partial charge in [0.2, 0.25) is 5.91 Å². The van der Waals surface area contributed by atoms with E-state index in [1.807, 2.05) is 23.1 Å². The summed E-state index contributed by atoms with van der Waals surface area (Å²) in [6, 6.07) is 16.6.